The molecule has 5 nitrogen and oxygen atoms in total. The van der Waals surface area contributed by atoms with E-state index in [2.05, 4.69) is 29.1 Å². The average Bonchev–Trinajstić information content (AvgIpc) is 2.47. The Hall–Kier alpha value is -0.480. The SMILES string of the molecule is CN=C(NCc1ccc(CS(C)(=O)=O)cc1)N1CCSC(C)(C)C1.I. The minimum Gasteiger partial charge on any atom is -0.352 e. The third-order valence-corrected chi connectivity index (χ3v) is 5.99. The maximum atomic E-state index is 11.3. The summed E-state index contributed by atoms with van der Waals surface area (Å²) in [4.78, 5) is 6.70. The number of hydrogen-bond acceptors (Lipinski definition) is 4. The first-order valence-electron chi connectivity index (χ1n) is 8.04. The number of sulfone groups is 1. The van der Waals surface area contributed by atoms with E-state index >= 15 is 0 Å². The largest absolute Gasteiger partial charge is 0.352 e. The zero-order chi connectivity index (χ0) is 17.8. The maximum absolute atomic E-state index is 11.3. The monoisotopic (exact) mass is 497 g/mol. The smallest absolute Gasteiger partial charge is 0.193 e. The van der Waals surface area contributed by atoms with E-state index in [1.165, 1.54) is 6.26 Å². The molecular formula is C17H28IN3O2S2. The fourth-order valence-corrected chi connectivity index (χ4v) is 4.68. The number of benzene rings is 1. The van der Waals surface area contributed by atoms with Crippen LogP contribution < -0.4 is 5.32 Å². The van der Waals surface area contributed by atoms with Crippen molar-refractivity contribution in [2.24, 2.45) is 4.99 Å². The maximum Gasteiger partial charge on any atom is 0.193 e. The second kappa shape index (κ2) is 9.45. The van der Waals surface area contributed by atoms with Gasteiger partial charge in [-0.3, -0.25) is 4.99 Å². The van der Waals surface area contributed by atoms with Crippen molar-refractivity contribution in [1.82, 2.24) is 10.2 Å². The Morgan fingerprint density at radius 2 is 1.88 bits per heavy atom. The summed E-state index contributed by atoms with van der Waals surface area (Å²) in [5.74, 6) is 2.11. The molecule has 25 heavy (non-hydrogen) atoms. The van der Waals surface area contributed by atoms with Gasteiger partial charge in [-0.05, 0) is 25.0 Å². The third-order valence-electron chi connectivity index (χ3n) is 3.84. The summed E-state index contributed by atoms with van der Waals surface area (Å²) in [6.07, 6.45) is 1.25. The molecule has 1 aromatic carbocycles. The first-order valence-corrected chi connectivity index (χ1v) is 11.1. The Morgan fingerprint density at radius 1 is 1.28 bits per heavy atom. The molecule has 1 saturated heterocycles. The lowest BCUT2D eigenvalue weighted by Crippen LogP contribution is -2.50. The zero-order valence-electron chi connectivity index (χ0n) is 15.3. The first-order chi connectivity index (χ1) is 11.2. The van der Waals surface area contributed by atoms with Crippen LogP contribution in [-0.2, 0) is 22.1 Å². The van der Waals surface area contributed by atoms with Crippen molar-refractivity contribution >= 4 is 51.5 Å². The number of nitrogens with zero attached hydrogens (tertiary/aromatic N) is 2. The molecule has 0 atom stereocenters. The molecule has 0 bridgehead atoms. The fourth-order valence-electron chi connectivity index (χ4n) is 2.77. The number of halogens is 1. The fraction of sp³-hybridized carbons (Fsp3) is 0.588. The van der Waals surface area contributed by atoms with Crippen molar-refractivity contribution in [1.29, 1.82) is 0 Å². The van der Waals surface area contributed by atoms with Gasteiger partial charge in [-0.1, -0.05) is 24.3 Å². The van der Waals surface area contributed by atoms with E-state index in [0.717, 1.165) is 35.9 Å². The number of aliphatic imine (C=N–C) groups is 1. The molecule has 142 valence electrons. The van der Waals surface area contributed by atoms with Gasteiger partial charge in [0.2, 0.25) is 0 Å². The highest BCUT2D eigenvalue weighted by molar-refractivity contribution is 14.0. The van der Waals surface area contributed by atoms with Crippen LogP contribution in [0.15, 0.2) is 29.3 Å². The number of guanidine groups is 1. The molecule has 1 fully saturated rings. The standard InChI is InChI=1S/C17H27N3O2S2.HI/c1-17(2)13-20(9-10-23-17)16(18-3)19-11-14-5-7-15(8-6-14)12-24(4,21)22;/h5-8H,9-13H2,1-4H3,(H,18,19);1H. The molecule has 8 heteroatoms. The molecule has 1 aromatic rings. The molecule has 0 radical (unpaired) electrons. The van der Waals surface area contributed by atoms with Gasteiger partial charge in [-0.2, -0.15) is 11.8 Å². The van der Waals surface area contributed by atoms with Gasteiger partial charge in [-0.15, -0.1) is 24.0 Å². The van der Waals surface area contributed by atoms with Gasteiger partial charge in [0.1, 0.15) is 0 Å². The van der Waals surface area contributed by atoms with Crippen LogP contribution in [-0.4, -0.2) is 56.2 Å². The van der Waals surface area contributed by atoms with Crippen LogP contribution in [0.5, 0.6) is 0 Å². The predicted molar refractivity (Wildman–Crippen MR) is 119 cm³/mol. The number of hydrogen-bond donors (Lipinski definition) is 1. The number of nitrogens with one attached hydrogen (secondary N) is 1. The Balaban J connectivity index is 0.00000312. The lowest BCUT2D eigenvalue weighted by molar-refractivity contribution is 0.376. The summed E-state index contributed by atoms with van der Waals surface area (Å²) in [5.41, 5.74) is 1.93. The van der Waals surface area contributed by atoms with Crippen molar-refractivity contribution in [3.63, 3.8) is 0 Å². The lowest BCUT2D eigenvalue weighted by Gasteiger charge is -2.39. The van der Waals surface area contributed by atoms with Crippen LogP contribution in [0.2, 0.25) is 0 Å². The molecule has 1 heterocycles. The van der Waals surface area contributed by atoms with Gasteiger partial charge in [0.25, 0.3) is 0 Å². The summed E-state index contributed by atoms with van der Waals surface area (Å²) < 4.78 is 22.9. The van der Waals surface area contributed by atoms with Gasteiger partial charge in [0, 0.05) is 43.4 Å². The van der Waals surface area contributed by atoms with Gasteiger partial charge in [-0.25, -0.2) is 8.42 Å². The van der Waals surface area contributed by atoms with Gasteiger partial charge >= 0.3 is 0 Å². The van der Waals surface area contributed by atoms with E-state index in [0.29, 0.717) is 6.54 Å². The summed E-state index contributed by atoms with van der Waals surface area (Å²) in [6, 6.07) is 7.69. The summed E-state index contributed by atoms with van der Waals surface area (Å²) in [7, 11) is -1.18. The first kappa shape index (κ1) is 22.6. The van der Waals surface area contributed by atoms with Crippen molar-refractivity contribution < 1.29 is 8.42 Å². The van der Waals surface area contributed by atoms with Gasteiger partial charge < -0.3 is 10.2 Å². The Labute approximate surface area is 173 Å². The number of rotatable bonds is 4. The van der Waals surface area contributed by atoms with E-state index in [1.54, 1.807) is 0 Å². The highest BCUT2D eigenvalue weighted by Crippen LogP contribution is 2.29. The van der Waals surface area contributed by atoms with E-state index < -0.39 is 9.84 Å². The average molecular weight is 497 g/mol. The van der Waals surface area contributed by atoms with Gasteiger partial charge in [0.05, 0.1) is 5.75 Å². The minimum absolute atomic E-state index is 0. The lowest BCUT2D eigenvalue weighted by atomic mass is 10.1. The molecule has 0 saturated carbocycles. The number of thioether (sulfide) groups is 1. The molecule has 0 aliphatic carbocycles. The molecule has 1 aliphatic rings. The molecule has 1 N–H and O–H groups in total. The van der Waals surface area contributed by atoms with E-state index in [1.807, 2.05) is 43.1 Å². The van der Waals surface area contributed by atoms with Crippen LogP contribution in [0.25, 0.3) is 0 Å². The summed E-state index contributed by atoms with van der Waals surface area (Å²) in [5, 5.41) is 3.41. The van der Waals surface area contributed by atoms with Crippen molar-refractivity contribution in [3.8, 4) is 0 Å². The summed E-state index contributed by atoms with van der Waals surface area (Å²) in [6.45, 7) is 7.18. The van der Waals surface area contributed by atoms with Crippen LogP contribution in [0.4, 0.5) is 0 Å². The molecular weight excluding hydrogens is 469 g/mol. The summed E-state index contributed by atoms with van der Waals surface area (Å²) >= 11 is 2.00. The highest BCUT2D eigenvalue weighted by Gasteiger charge is 2.28. The highest BCUT2D eigenvalue weighted by atomic mass is 127. The van der Waals surface area contributed by atoms with Crippen molar-refractivity contribution in [2.75, 3.05) is 32.1 Å². The van der Waals surface area contributed by atoms with Crippen LogP contribution >= 0.6 is 35.7 Å². The predicted octanol–water partition coefficient (Wildman–Crippen LogP) is 2.75. The third kappa shape index (κ3) is 7.74. The Kier molecular flexibility index (Phi) is 8.53. The second-order valence-corrected chi connectivity index (χ2v) is 10.8. The van der Waals surface area contributed by atoms with Gasteiger partial charge in [0.15, 0.2) is 15.8 Å². The van der Waals surface area contributed by atoms with Crippen LogP contribution in [0.1, 0.15) is 25.0 Å². The van der Waals surface area contributed by atoms with E-state index in [-0.39, 0.29) is 34.5 Å². The quantitative estimate of drug-likeness (QED) is 0.394. The van der Waals surface area contributed by atoms with Crippen molar-refractivity contribution in [2.45, 2.75) is 30.9 Å². The van der Waals surface area contributed by atoms with Crippen LogP contribution in [0, 0.1) is 0 Å². The Bertz CT molecular complexity index is 688. The zero-order valence-corrected chi connectivity index (χ0v) is 19.2. The molecule has 0 spiro atoms. The topological polar surface area (TPSA) is 61.8 Å². The van der Waals surface area contributed by atoms with E-state index in [4.69, 9.17) is 0 Å². The molecule has 0 aromatic heterocycles. The Morgan fingerprint density at radius 3 is 2.40 bits per heavy atom. The van der Waals surface area contributed by atoms with Crippen molar-refractivity contribution in [3.05, 3.63) is 35.4 Å². The molecule has 0 unspecified atom stereocenters. The molecule has 1 aliphatic heterocycles. The van der Waals surface area contributed by atoms with Crippen LogP contribution in [0.3, 0.4) is 0 Å². The normalized spacial score (nSPS) is 17.8. The molecule has 0 amide bonds. The van der Waals surface area contributed by atoms with E-state index in [9.17, 15) is 8.42 Å². The minimum atomic E-state index is -2.99. The molecule has 2 rings (SSSR count). The second-order valence-electron chi connectivity index (χ2n) is 6.82.